The average Bonchev–Trinajstić information content (AvgIpc) is 3.46. The SMILES string of the molecule is Cc1[nH+]csc1-c1ccc(C(NC(=O)[C@@H]2C[C@@H](O)CN2C(=O)[C@@H](NC(=O)c2cc3ccc(OC4CC(C)C4)cc3o2)C(C)(C)C)C2C[I-]2)cc1. The van der Waals surface area contributed by atoms with E-state index in [1.165, 1.54) is 9.78 Å². The molecular formula is C38H45IN4O6S. The van der Waals surface area contributed by atoms with Crippen molar-refractivity contribution in [2.45, 2.75) is 88.1 Å². The fourth-order valence-electron chi connectivity index (χ4n) is 6.96. The Bertz CT molecular complexity index is 1890. The van der Waals surface area contributed by atoms with Crippen LogP contribution in [0.25, 0.3) is 21.4 Å². The van der Waals surface area contributed by atoms with Crippen molar-refractivity contribution in [1.82, 2.24) is 15.5 Å². The van der Waals surface area contributed by atoms with Crippen LogP contribution in [0, 0.1) is 18.3 Å². The van der Waals surface area contributed by atoms with Crippen LogP contribution in [0.1, 0.15) is 74.8 Å². The Kier molecular flexibility index (Phi) is 9.72. The molecule has 1 saturated carbocycles. The Balaban J connectivity index is 1.05. The van der Waals surface area contributed by atoms with E-state index in [4.69, 9.17) is 9.15 Å². The number of nitrogens with zero attached hydrogens (tertiary/aromatic N) is 1. The first-order chi connectivity index (χ1) is 23.8. The second-order valence-corrected chi connectivity index (χ2v) is 19.3. The number of alkyl halides is 2. The molecule has 5 atom stereocenters. The normalized spacial score (nSPS) is 24.5. The molecule has 50 heavy (non-hydrogen) atoms. The summed E-state index contributed by atoms with van der Waals surface area (Å²) in [7, 11) is 0. The van der Waals surface area contributed by atoms with Gasteiger partial charge in [-0.15, -0.1) is 0 Å². The molecule has 12 heteroatoms. The first-order valence-electron chi connectivity index (χ1n) is 17.3. The number of H-pyrrole nitrogens is 1. The van der Waals surface area contributed by atoms with Gasteiger partial charge in [0.05, 0.1) is 6.10 Å². The topological polar surface area (TPSA) is 135 Å². The zero-order valence-electron chi connectivity index (χ0n) is 29.0. The Morgan fingerprint density at radius 3 is 2.46 bits per heavy atom. The molecule has 1 aliphatic carbocycles. The summed E-state index contributed by atoms with van der Waals surface area (Å²) in [6, 6.07) is 13.6. The number of amides is 3. The van der Waals surface area contributed by atoms with Gasteiger partial charge in [0.25, 0.3) is 0 Å². The number of aromatic nitrogens is 1. The van der Waals surface area contributed by atoms with Crippen molar-refractivity contribution in [3.05, 3.63) is 71.1 Å². The fourth-order valence-corrected chi connectivity index (χ4v) is 9.72. The second kappa shape index (κ2) is 13.9. The number of carbonyl (C=O) groups excluding carboxylic acids is 3. The van der Waals surface area contributed by atoms with Crippen LogP contribution in [-0.2, 0) is 9.59 Å². The summed E-state index contributed by atoms with van der Waals surface area (Å²) in [6.45, 7) is 9.87. The molecule has 10 nitrogen and oxygen atoms in total. The summed E-state index contributed by atoms with van der Waals surface area (Å²) in [5, 5.41) is 17.7. The van der Waals surface area contributed by atoms with Crippen LogP contribution in [0.3, 0.4) is 0 Å². The van der Waals surface area contributed by atoms with Gasteiger partial charge in [0.1, 0.15) is 11.3 Å². The van der Waals surface area contributed by atoms with Gasteiger partial charge in [-0.1, -0.05) is 6.92 Å². The number of hydrogen-bond acceptors (Lipinski definition) is 7. The van der Waals surface area contributed by atoms with Gasteiger partial charge in [0.15, 0.2) is 0 Å². The van der Waals surface area contributed by atoms with Crippen LogP contribution in [0.2, 0.25) is 0 Å². The molecule has 0 spiro atoms. The third kappa shape index (κ3) is 7.43. The number of benzene rings is 2. The second-order valence-electron chi connectivity index (χ2n) is 15.1. The molecule has 3 fully saturated rings. The summed E-state index contributed by atoms with van der Waals surface area (Å²) in [5.74, 6) is 0.231. The van der Waals surface area contributed by atoms with Gasteiger partial charge in [-0.3, -0.25) is 0 Å². The predicted octanol–water partition coefficient (Wildman–Crippen LogP) is 1.90. The zero-order valence-corrected chi connectivity index (χ0v) is 32.0. The number of aliphatic hydroxyl groups is 1. The Morgan fingerprint density at radius 1 is 1.08 bits per heavy atom. The van der Waals surface area contributed by atoms with Crippen LogP contribution in [0.4, 0.5) is 0 Å². The molecule has 4 N–H and O–H groups in total. The molecule has 7 rings (SSSR count). The predicted molar refractivity (Wildman–Crippen MR) is 186 cm³/mol. The monoisotopic (exact) mass is 812 g/mol. The molecule has 2 saturated heterocycles. The van der Waals surface area contributed by atoms with Crippen molar-refractivity contribution in [1.29, 1.82) is 0 Å². The molecule has 2 unspecified atom stereocenters. The molecule has 266 valence electrons. The minimum atomic E-state index is -0.973. The van der Waals surface area contributed by atoms with E-state index in [9.17, 15) is 19.5 Å². The number of rotatable bonds is 10. The van der Waals surface area contributed by atoms with E-state index in [1.807, 2.05) is 38.4 Å². The van der Waals surface area contributed by atoms with E-state index in [0.717, 1.165) is 39.5 Å². The Morgan fingerprint density at radius 2 is 1.82 bits per heavy atom. The van der Waals surface area contributed by atoms with E-state index in [-0.39, 0.29) is 58.0 Å². The van der Waals surface area contributed by atoms with Crippen LogP contribution in [0.15, 0.2) is 58.5 Å². The number of aromatic amines is 1. The number of hydrogen-bond donors (Lipinski definition) is 3. The molecule has 4 aromatic rings. The van der Waals surface area contributed by atoms with Gasteiger partial charge in [-0.25, -0.2) is 0 Å². The van der Waals surface area contributed by atoms with Crippen molar-refractivity contribution >= 4 is 40.0 Å². The van der Waals surface area contributed by atoms with Gasteiger partial charge in [0, 0.05) is 11.5 Å². The Labute approximate surface area is 306 Å². The molecule has 2 aliphatic heterocycles. The van der Waals surface area contributed by atoms with E-state index >= 15 is 0 Å². The molecule has 3 aliphatic rings. The van der Waals surface area contributed by atoms with E-state index in [2.05, 4.69) is 53.7 Å². The Hall–Kier alpha value is -3.49. The van der Waals surface area contributed by atoms with Gasteiger partial charge >= 0.3 is 237 Å². The first kappa shape index (κ1) is 34.9. The molecular weight excluding hydrogens is 767 g/mol. The molecule has 2 aromatic heterocycles. The minimum absolute atomic E-state index is 0.00469. The number of carbonyl (C=O) groups is 3. The maximum atomic E-state index is 14.3. The molecule has 4 heterocycles. The molecule has 2 aromatic carbocycles. The zero-order chi connectivity index (χ0) is 35.3. The number of thiazole rings is 1. The number of furan rings is 1. The number of fused-ring (bicyclic) bond motifs is 1. The van der Waals surface area contributed by atoms with Gasteiger partial charge in [-0.2, -0.15) is 0 Å². The summed E-state index contributed by atoms with van der Waals surface area (Å²) >= 11 is 1.66. The fraction of sp³-hybridized carbons (Fsp3) is 0.474. The van der Waals surface area contributed by atoms with Crippen molar-refractivity contribution in [2.75, 3.05) is 11.0 Å². The number of β-amino-alcohol motifs (C(OH)–C–C–N with tert-alkyl or cyclic N) is 1. The van der Waals surface area contributed by atoms with Crippen LogP contribution in [0.5, 0.6) is 5.75 Å². The quantitative estimate of drug-likeness (QED) is 0.166. The van der Waals surface area contributed by atoms with Crippen molar-refractivity contribution in [2.24, 2.45) is 11.3 Å². The van der Waals surface area contributed by atoms with Crippen molar-refractivity contribution in [3.63, 3.8) is 0 Å². The van der Waals surface area contributed by atoms with E-state index in [1.54, 1.807) is 23.5 Å². The number of nitrogens with one attached hydrogen (secondary N) is 3. The molecule has 0 radical (unpaired) electrons. The number of likely N-dealkylation sites (tertiary alicyclic amines) is 1. The molecule has 0 bridgehead atoms. The third-order valence-electron chi connectivity index (χ3n) is 9.92. The third-order valence-corrected chi connectivity index (χ3v) is 13.5. The number of aryl methyl sites for hydroxylation is 1. The average molecular weight is 813 g/mol. The number of halogens is 1. The first-order valence-corrected chi connectivity index (χ1v) is 20.9. The van der Waals surface area contributed by atoms with Gasteiger partial charge < -0.3 is 4.74 Å². The number of aliphatic hydroxyl groups excluding tert-OH is 1. The van der Waals surface area contributed by atoms with Crippen molar-refractivity contribution in [3.8, 4) is 16.2 Å². The maximum absolute atomic E-state index is 14.3. The van der Waals surface area contributed by atoms with Crippen LogP contribution in [-0.4, -0.2) is 66.9 Å². The van der Waals surface area contributed by atoms with E-state index < -0.39 is 35.4 Å². The van der Waals surface area contributed by atoms with Crippen LogP contribution < -0.4 is 41.6 Å². The summed E-state index contributed by atoms with van der Waals surface area (Å²) in [5.41, 5.74) is 5.08. The standard InChI is InChI=1S/C38H44IN4O6S/c1-20-12-27(13-20)48-26-11-10-24-14-31(49-30(24)16-26)36(46)42-34(38(3,4)5)37(47)43-18-25(44)15-29(43)35(45)41-32(28-17-39-28)22-6-8-23(9-7-22)33-21(2)40-19-50-33/h6-11,14,16,19-20,25,27-29,32,34,44H,12-13,15,17-18H2,1-5H3,(H,41,45)(H,42,46)/q-1/p+1/t20?,25-,27?,28?,29+,32?,34-/m1/s1. The van der Waals surface area contributed by atoms with Crippen LogP contribution >= 0.6 is 11.3 Å². The number of ether oxygens (including phenoxy) is 1. The van der Waals surface area contributed by atoms with Gasteiger partial charge in [0.2, 0.25) is 0 Å². The van der Waals surface area contributed by atoms with Gasteiger partial charge in [-0.05, 0) is 30.9 Å². The summed E-state index contributed by atoms with van der Waals surface area (Å²) < 4.78 is 13.5. The van der Waals surface area contributed by atoms with Crippen molar-refractivity contribution < 1.29 is 54.8 Å². The van der Waals surface area contributed by atoms with E-state index in [0.29, 0.717) is 21.2 Å². The summed E-state index contributed by atoms with van der Waals surface area (Å²) in [6.07, 6.45) is 1.52. The summed E-state index contributed by atoms with van der Waals surface area (Å²) in [4.78, 5) is 47.7. The molecule has 3 amide bonds.